The average molecular weight is 274 g/mol. The molecule has 0 spiro atoms. The lowest BCUT2D eigenvalue weighted by Gasteiger charge is -2.09. The summed E-state index contributed by atoms with van der Waals surface area (Å²) < 4.78 is 13.0. The van der Waals surface area contributed by atoms with Crippen molar-refractivity contribution >= 4 is 23.3 Å². The molecular weight excluding hydrogens is 263 g/mol. The summed E-state index contributed by atoms with van der Waals surface area (Å²) in [7, 11) is 0. The number of amides is 1. The Morgan fingerprint density at radius 1 is 1.10 bits per heavy atom. The van der Waals surface area contributed by atoms with Crippen molar-refractivity contribution in [3.05, 3.63) is 59.4 Å². The van der Waals surface area contributed by atoms with Crippen molar-refractivity contribution in [3.63, 3.8) is 0 Å². The van der Waals surface area contributed by atoms with Gasteiger partial charge in [0, 0.05) is 5.56 Å². The largest absolute Gasteiger partial charge is 0.478 e. The highest BCUT2D eigenvalue weighted by Crippen LogP contribution is 2.20. The molecule has 0 saturated carbocycles. The van der Waals surface area contributed by atoms with Crippen LogP contribution in [0.3, 0.4) is 0 Å². The van der Waals surface area contributed by atoms with Crippen LogP contribution in [0.25, 0.3) is 0 Å². The molecule has 6 heteroatoms. The first-order chi connectivity index (χ1) is 9.47. The van der Waals surface area contributed by atoms with E-state index in [9.17, 15) is 14.0 Å². The fourth-order valence-corrected chi connectivity index (χ4v) is 1.63. The van der Waals surface area contributed by atoms with Crippen LogP contribution in [0.5, 0.6) is 0 Å². The maximum absolute atomic E-state index is 13.0. The molecule has 0 unspecified atom stereocenters. The highest BCUT2D eigenvalue weighted by Gasteiger charge is 2.11. The molecule has 2 aromatic carbocycles. The molecule has 0 atom stereocenters. The van der Waals surface area contributed by atoms with Gasteiger partial charge in [0.1, 0.15) is 5.82 Å². The van der Waals surface area contributed by atoms with E-state index < -0.39 is 17.7 Å². The lowest BCUT2D eigenvalue weighted by Crippen LogP contribution is -2.13. The molecule has 0 heterocycles. The Balaban J connectivity index is 2.22. The fraction of sp³-hybridized carbons (Fsp3) is 0. The summed E-state index contributed by atoms with van der Waals surface area (Å²) >= 11 is 0. The Labute approximate surface area is 113 Å². The van der Waals surface area contributed by atoms with Crippen LogP contribution in [-0.4, -0.2) is 17.0 Å². The molecule has 1 amide bonds. The molecule has 0 aliphatic carbocycles. The molecule has 0 aliphatic rings. The Morgan fingerprint density at radius 3 is 2.45 bits per heavy atom. The van der Waals surface area contributed by atoms with Gasteiger partial charge in [-0.15, -0.1) is 0 Å². The average Bonchev–Trinajstić information content (AvgIpc) is 2.40. The summed E-state index contributed by atoms with van der Waals surface area (Å²) in [4.78, 5) is 22.6. The monoisotopic (exact) mass is 274 g/mol. The third kappa shape index (κ3) is 2.92. The number of halogens is 1. The zero-order valence-corrected chi connectivity index (χ0v) is 10.3. The van der Waals surface area contributed by atoms with E-state index in [1.807, 2.05) is 0 Å². The van der Waals surface area contributed by atoms with Crippen LogP contribution < -0.4 is 11.1 Å². The summed E-state index contributed by atoms with van der Waals surface area (Å²) in [5, 5.41) is 11.3. The number of hydrogen-bond acceptors (Lipinski definition) is 3. The molecule has 5 nitrogen and oxygen atoms in total. The minimum atomic E-state index is -1.11. The van der Waals surface area contributed by atoms with Gasteiger partial charge in [0.15, 0.2) is 0 Å². The van der Waals surface area contributed by atoms with Crippen LogP contribution in [-0.2, 0) is 0 Å². The number of benzene rings is 2. The number of carboxylic acids is 1. The number of carboxylic acid groups (broad SMARTS) is 1. The first kappa shape index (κ1) is 13.5. The number of carbonyl (C=O) groups is 2. The Hall–Kier alpha value is -2.89. The molecule has 0 aromatic heterocycles. The second-order valence-electron chi connectivity index (χ2n) is 4.07. The Morgan fingerprint density at radius 2 is 1.85 bits per heavy atom. The normalized spacial score (nSPS) is 10.1. The number of carbonyl (C=O) groups excluding carboxylic acids is 1. The molecular formula is C14H11FN2O3. The highest BCUT2D eigenvalue weighted by molar-refractivity contribution is 6.06. The van der Waals surface area contributed by atoms with E-state index in [1.54, 1.807) is 0 Å². The van der Waals surface area contributed by atoms with E-state index in [0.29, 0.717) is 0 Å². The number of rotatable bonds is 3. The molecule has 0 fully saturated rings. The van der Waals surface area contributed by atoms with E-state index >= 15 is 0 Å². The zero-order chi connectivity index (χ0) is 14.7. The van der Waals surface area contributed by atoms with Crippen molar-refractivity contribution in [2.75, 3.05) is 11.1 Å². The molecule has 0 aliphatic heterocycles. The third-order valence-electron chi connectivity index (χ3n) is 2.63. The van der Waals surface area contributed by atoms with Crippen LogP contribution in [0.1, 0.15) is 20.7 Å². The second kappa shape index (κ2) is 5.40. The third-order valence-corrected chi connectivity index (χ3v) is 2.63. The number of nitrogens with two attached hydrogens (primary N) is 1. The van der Waals surface area contributed by atoms with Crippen molar-refractivity contribution in [2.45, 2.75) is 0 Å². The van der Waals surface area contributed by atoms with Gasteiger partial charge in [-0.25, -0.2) is 9.18 Å². The van der Waals surface area contributed by atoms with E-state index in [2.05, 4.69) is 5.32 Å². The topological polar surface area (TPSA) is 92.4 Å². The first-order valence-corrected chi connectivity index (χ1v) is 5.67. The van der Waals surface area contributed by atoms with Gasteiger partial charge in [-0.3, -0.25) is 4.79 Å². The van der Waals surface area contributed by atoms with E-state index in [4.69, 9.17) is 10.8 Å². The zero-order valence-electron chi connectivity index (χ0n) is 10.3. The minimum Gasteiger partial charge on any atom is -0.478 e. The summed E-state index contributed by atoms with van der Waals surface area (Å²) in [6, 6.07) is 9.14. The quantitative estimate of drug-likeness (QED) is 0.749. The standard InChI is InChI=1S/C14H11FN2O3/c15-10-3-1-2-8(6-10)13(18)17-12-5-4-9(14(19)20)7-11(12)16/h1-7H,16H2,(H,17,18)(H,19,20). The van der Waals surface area contributed by atoms with Gasteiger partial charge in [-0.2, -0.15) is 0 Å². The summed E-state index contributed by atoms with van der Waals surface area (Å²) in [5.74, 6) is -2.16. The predicted octanol–water partition coefficient (Wildman–Crippen LogP) is 2.36. The molecule has 2 rings (SSSR count). The maximum Gasteiger partial charge on any atom is 0.335 e. The maximum atomic E-state index is 13.0. The second-order valence-corrected chi connectivity index (χ2v) is 4.07. The van der Waals surface area contributed by atoms with Crippen LogP contribution >= 0.6 is 0 Å². The number of nitrogen functional groups attached to an aromatic ring is 1. The van der Waals surface area contributed by atoms with Gasteiger partial charge in [0.25, 0.3) is 5.91 Å². The van der Waals surface area contributed by atoms with Gasteiger partial charge < -0.3 is 16.2 Å². The van der Waals surface area contributed by atoms with Gasteiger partial charge in [0.05, 0.1) is 16.9 Å². The minimum absolute atomic E-state index is 0.0197. The van der Waals surface area contributed by atoms with E-state index in [-0.39, 0.29) is 22.5 Å². The van der Waals surface area contributed by atoms with Crippen molar-refractivity contribution in [1.29, 1.82) is 0 Å². The number of aromatic carboxylic acids is 1. The lowest BCUT2D eigenvalue weighted by atomic mass is 10.1. The fourth-order valence-electron chi connectivity index (χ4n) is 1.63. The highest BCUT2D eigenvalue weighted by atomic mass is 19.1. The smallest absolute Gasteiger partial charge is 0.335 e. The Kier molecular flexibility index (Phi) is 3.65. The van der Waals surface area contributed by atoms with Gasteiger partial charge in [-0.05, 0) is 36.4 Å². The summed E-state index contributed by atoms with van der Waals surface area (Å²) in [6.45, 7) is 0. The van der Waals surface area contributed by atoms with Gasteiger partial charge >= 0.3 is 5.97 Å². The molecule has 4 N–H and O–H groups in total. The van der Waals surface area contributed by atoms with Crippen molar-refractivity contribution in [3.8, 4) is 0 Å². The van der Waals surface area contributed by atoms with Crippen LogP contribution in [0.4, 0.5) is 15.8 Å². The van der Waals surface area contributed by atoms with Crippen LogP contribution in [0.2, 0.25) is 0 Å². The van der Waals surface area contributed by atoms with Crippen molar-refractivity contribution in [1.82, 2.24) is 0 Å². The van der Waals surface area contributed by atoms with Gasteiger partial charge in [0.2, 0.25) is 0 Å². The number of anilines is 2. The lowest BCUT2D eigenvalue weighted by molar-refractivity contribution is 0.0697. The van der Waals surface area contributed by atoms with Crippen molar-refractivity contribution in [2.24, 2.45) is 0 Å². The van der Waals surface area contributed by atoms with Crippen molar-refractivity contribution < 1.29 is 19.1 Å². The Bertz CT molecular complexity index is 686. The summed E-state index contributed by atoms with van der Waals surface area (Å²) in [6.07, 6.45) is 0. The molecule has 102 valence electrons. The molecule has 0 bridgehead atoms. The molecule has 0 saturated heterocycles. The molecule has 0 radical (unpaired) electrons. The van der Waals surface area contributed by atoms with Gasteiger partial charge in [-0.1, -0.05) is 6.07 Å². The van der Waals surface area contributed by atoms with Crippen LogP contribution in [0.15, 0.2) is 42.5 Å². The predicted molar refractivity (Wildman–Crippen MR) is 72.2 cm³/mol. The number of hydrogen-bond donors (Lipinski definition) is 3. The first-order valence-electron chi connectivity index (χ1n) is 5.67. The van der Waals surface area contributed by atoms with Crippen LogP contribution in [0, 0.1) is 5.82 Å². The molecule has 20 heavy (non-hydrogen) atoms. The van der Waals surface area contributed by atoms with E-state index in [0.717, 1.165) is 6.07 Å². The molecule has 2 aromatic rings. The number of nitrogens with one attached hydrogen (secondary N) is 1. The van der Waals surface area contributed by atoms with E-state index in [1.165, 1.54) is 36.4 Å². The summed E-state index contributed by atoms with van der Waals surface area (Å²) in [5.41, 5.74) is 6.22. The SMILES string of the molecule is Nc1cc(C(=O)O)ccc1NC(=O)c1cccc(F)c1.